The van der Waals surface area contributed by atoms with E-state index in [4.69, 9.17) is 56.8 Å². The lowest BCUT2D eigenvalue weighted by molar-refractivity contribution is -0.259. The molecule has 4 saturated heterocycles. The smallest absolute Gasteiger partial charge is 0.160 e. The molecule has 4 fully saturated rings. The minimum absolute atomic E-state index is 0.0281. The molecule has 0 aromatic carbocycles. The monoisotopic (exact) mass is 1380 g/mol. The van der Waals surface area contributed by atoms with Gasteiger partial charge in [0, 0.05) is 82.7 Å². The van der Waals surface area contributed by atoms with Crippen molar-refractivity contribution in [1.82, 2.24) is 69.8 Å². The summed E-state index contributed by atoms with van der Waals surface area (Å²) in [6.45, 7) is 7.19. The van der Waals surface area contributed by atoms with Gasteiger partial charge in [-0.3, -0.25) is 9.80 Å². The molecule has 0 bridgehead atoms. The highest BCUT2D eigenvalue weighted by Gasteiger charge is 2.40. The maximum absolute atomic E-state index is 10.1. The summed E-state index contributed by atoms with van der Waals surface area (Å²) < 4.78 is 74.8. The SMILES string of the molecule is CC(CCCCN(Cc1cn(CCOCCO[C@H]2C[C@@H](O)[C@@H](O)[C@@H](CO)O2)nn1)Cc1cn(CCOCCO[C@H]2C[C@@H](O)[C@@H](O)[C@@H](CO)O2)nn1)N(Cc1cn(CCOCCO[C@H]2C[C@@H](O)[C@@H](O)[C@@H](CO)O2)nn1)Cc1cn(CCOCCO[C@H]2C[C@@H](O)[C@@H](O)[C@@H](CO)O2)nn1. The second kappa shape index (κ2) is 41.3. The van der Waals surface area contributed by atoms with Gasteiger partial charge in [-0.25, -0.2) is 18.7 Å². The molecule has 8 heterocycles. The Labute approximate surface area is 554 Å². The fraction of sp³-hybridized carbons (Fsp3) is 0.862. The first kappa shape index (κ1) is 77.3. The van der Waals surface area contributed by atoms with Gasteiger partial charge in [-0.15, -0.1) is 20.4 Å². The van der Waals surface area contributed by atoms with Gasteiger partial charge in [0.2, 0.25) is 0 Å². The van der Waals surface area contributed by atoms with Crippen molar-refractivity contribution < 1.29 is 118 Å². The molecule has 4 aliphatic heterocycles. The summed E-state index contributed by atoms with van der Waals surface area (Å²) in [4.78, 5) is 4.50. The highest BCUT2D eigenvalue weighted by Crippen LogP contribution is 2.25. The lowest BCUT2D eigenvalue weighted by atomic mass is 10.0. The minimum atomic E-state index is -1.20. The topological polar surface area (TPSA) is 483 Å². The van der Waals surface area contributed by atoms with Crippen molar-refractivity contribution in [2.75, 3.05) is 112 Å². The second-order valence-electron chi connectivity index (χ2n) is 24.1. The number of rotatable bonds is 46. The van der Waals surface area contributed by atoms with Crippen LogP contribution in [0.1, 0.15) is 74.6 Å². The van der Waals surface area contributed by atoms with Crippen LogP contribution in [0.4, 0.5) is 0 Å². The predicted molar refractivity (Wildman–Crippen MR) is 323 cm³/mol. The van der Waals surface area contributed by atoms with E-state index in [2.05, 4.69) is 58.0 Å². The van der Waals surface area contributed by atoms with Crippen molar-refractivity contribution in [1.29, 1.82) is 0 Å². The van der Waals surface area contributed by atoms with Crippen LogP contribution in [0.15, 0.2) is 24.8 Å². The highest BCUT2D eigenvalue weighted by atomic mass is 16.7. The Hall–Kier alpha value is -4.48. The number of ether oxygens (including phenoxy) is 12. The predicted octanol–water partition coefficient (Wildman–Crippen LogP) is -6.23. The van der Waals surface area contributed by atoms with E-state index >= 15 is 0 Å². The van der Waals surface area contributed by atoms with E-state index in [9.17, 15) is 61.3 Å². The van der Waals surface area contributed by atoms with E-state index in [1.54, 1.807) is 18.7 Å². The Morgan fingerprint density at radius 2 is 0.688 bits per heavy atom. The molecule has 12 N–H and O–H groups in total. The van der Waals surface area contributed by atoms with Crippen molar-refractivity contribution in [3.63, 3.8) is 0 Å². The number of aliphatic hydroxyl groups excluding tert-OH is 12. The van der Waals surface area contributed by atoms with Crippen LogP contribution < -0.4 is 0 Å². The molecule has 0 aliphatic carbocycles. The van der Waals surface area contributed by atoms with Crippen molar-refractivity contribution in [2.24, 2.45) is 0 Å². The standard InChI is InChI=1S/C58H100N14O24/c1-38(68(28-41-32-71(65-61-41)8-12-87-16-20-91-53-24-45(79)57(83)49(36-75)95-53)29-42-33-72(66-62-42)9-13-88-17-21-92-54-25-46(80)58(84)50(37-76)96-54)4-2-3-5-67(26-39-30-69(63-59-39)6-10-85-14-18-89-51-22-43(77)55(81)47(34-73)93-51)27-40-31-70(64-60-40)7-11-86-15-19-90-52-23-44(78)56(82)48(35-74)94-52/h30-33,38,43-58,73-84H,2-29,34-37H2,1H3/t38?,43-,44-,45-,46-,47-,48-,49-,50-,51-,52-,53-,54-,55-,56-,57-,58-/m1/s1. The molecule has 8 rings (SSSR count). The van der Waals surface area contributed by atoms with Crippen LogP contribution in [0.2, 0.25) is 0 Å². The third-order valence-electron chi connectivity index (χ3n) is 16.7. The quantitative estimate of drug-likeness (QED) is 0.0183. The Morgan fingerprint density at radius 1 is 0.406 bits per heavy atom. The lowest BCUT2D eigenvalue weighted by Crippen LogP contribution is -2.50. The molecule has 4 aromatic rings. The zero-order valence-corrected chi connectivity index (χ0v) is 54.3. The fourth-order valence-electron chi connectivity index (χ4n) is 11.2. The van der Waals surface area contributed by atoms with Gasteiger partial charge in [0.1, 0.15) is 48.8 Å². The molecule has 1 unspecified atom stereocenters. The number of nitrogens with zero attached hydrogens (tertiary/aromatic N) is 14. The van der Waals surface area contributed by atoms with E-state index in [0.29, 0.717) is 85.3 Å². The van der Waals surface area contributed by atoms with Crippen molar-refractivity contribution in [2.45, 2.75) is 209 Å². The second-order valence-corrected chi connectivity index (χ2v) is 24.1. The number of aromatic nitrogens is 12. The first-order valence-electron chi connectivity index (χ1n) is 32.9. The van der Waals surface area contributed by atoms with Gasteiger partial charge < -0.3 is 118 Å². The van der Waals surface area contributed by atoms with E-state index in [1.807, 2.05) is 24.8 Å². The molecular weight excluding hydrogens is 1280 g/mol. The molecule has 546 valence electrons. The van der Waals surface area contributed by atoms with Crippen LogP contribution in [-0.4, -0.2) is 348 Å². The van der Waals surface area contributed by atoms with Crippen LogP contribution in [0.3, 0.4) is 0 Å². The maximum atomic E-state index is 10.1. The molecular formula is C58H100N14O24. The van der Waals surface area contributed by atoms with Gasteiger partial charge in [0.25, 0.3) is 0 Å². The normalized spacial score (nSPS) is 28.5. The summed E-state index contributed by atoms with van der Waals surface area (Å²) in [5, 5.41) is 154. The first-order chi connectivity index (χ1) is 46.6. The molecule has 0 radical (unpaired) electrons. The molecule has 96 heavy (non-hydrogen) atoms. The van der Waals surface area contributed by atoms with E-state index in [-0.39, 0.29) is 84.6 Å². The van der Waals surface area contributed by atoms with Gasteiger partial charge in [-0.05, 0) is 26.3 Å². The largest absolute Gasteiger partial charge is 0.394 e. The molecule has 4 aromatic heterocycles. The summed E-state index contributed by atoms with van der Waals surface area (Å²) in [5.41, 5.74) is 2.91. The molecule has 0 saturated carbocycles. The Bertz CT molecular complexity index is 2560. The summed E-state index contributed by atoms with van der Waals surface area (Å²) in [6, 6.07) is 0.0281. The number of hydrogen-bond donors (Lipinski definition) is 12. The molecule has 4 aliphatic rings. The summed E-state index contributed by atoms with van der Waals surface area (Å²) in [7, 11) is 0. The van der Waals surface area contributed by atoms with Gasteiger partial charge in [-0.1, -0.05) is 27.3 Å². The van der Waals surface area contributed by atoms with Crippen molar-refractivity contribution in [3.05, 3.63) is 47.6 Å². The van der Waals surface area contributed by atoms with Gasteiger partial charge in [-0.2, -0.15) is 0 Å². The van der Waals surface area contributed by atoms with Crippen LogP contribution >= 0.6 is 0 Å². The van der Waals surface area contributed by atoms with Crippen LogP contribution in [0.5, 0.6) is 0 Å². The Morgan fingerprint density at radius 3 is 0.969 bits per heavy atom. The number of hydrogen-bond acceptors (Lipinski definition) is 34. The van der Waals surface area contributed by atoms with E-state index < -0.39 is 125 Å². The fourth-order valence-corrected chi connectivity index (χ4v) is 11.2. The summed E-state index contributed by atoms with van der Waals surface area (Å²) in [5.74, 6) is 0. The molecule has 38 nitrogen and oxygen atoms in total. The van der Waals surface area contributed by atoms with E-state index in [1.165, 1.54) is 0 Å². The van der Waals surface area contributed by atoms with Crippen molar-refractivity contribution in [3.8, 4) is 0 Å². The zero-order valence-electron chi connectivity index (χ0n) is 54.3. The zero-order chi connectivity index (χ0) is 68.2. The van der Waals surface area contributed by atoms with Gasteiger partial charge in [0.05, 0.1) is 179 Å². The average Bonchev–Trinajstić information content (AvgIpc) is 1.41. The third-order valence-corrected chi connectivity index (χ3v) is 16.7. The van der Waals surface area contributed by atoms with Crippen LogP contribution in [0.25, 0.3) is 0 Å². The molecule has 38 heteroatoms. The van der Waals surface area contributed by atoms with Gasteiger partial charge in [0.15, 0.2) is 25.2 Å². The number of unbranched alkanes of at least 4 members (excludes halogenated alkanes) is 1. The van der Waals surface area contributed by atoms with E-state index in [0.717, 1.165) is 42.0 Å². The maximum Gasteiger partial charge on any atom is 0.160 e. The molecule has 17 atom stereocenters. The van der Waals surface area contributed by atoms with Crippen LogP contribution in [-0.2, 0) is 109 Å². The Kier molecular flexibility index (Phi) is 33.2. The average molecular weight is 1380 g/mol. The molecule has 0 amide bonds. The van der Waals surface area contributed by atoms with Gasteiger partial charge >= 0.3 is 0 Å². The van der Waals surface area contributed by atoms with Crippen molar-refractivity contribution >= 4 is 0 Å². The number of aliphatic hydroxyl groups is 12. The lowest BCUT2D eigenvalue weighted by Gasteiger charge is -2.35. The summed E-state index contributed by atoms with van der Waals surface area (Å²) >= 11 is 0. The Balaban J connectivity index is 0.829. The minimum Gasteiger partial charge on any atom is -0.394 e. The molecule has 0 spiro atoms. The summed E-state index contributed by atoms with van der Waals surface area (Å²) in [6.07, 6.45) is -5.89. The first-order valence-corrected chi connectivity index (χ1v) is 32.9. The van der Waals surface area contributed by atoms with Crippen LogP contribution in [0, 0.1) is 0 Å². The highest BCUT2D eigenvalue weighted by molar-refractivity contribution is 4.99. The third kappa shape index (κ3) is 25.3.